The fraction of sp³-hybridized carbons (Fsp3) is 0.200. The summed E-state index contributed by atoms with van der Waals surface area (Å²) in [5.41, 5.74) is 8.59. The van der Waals surface area contributed by atoms with E-state index in [9.17, 15) is 8.78 Å². The van der Waals surface area contributed by atoms with Crippen molar-refractivity contribution in [2.75, 3.05) is 18.1 Å². The normalized spacial score (nSPS) is 11.7. The third-order valence-electron chi connectivity index (χ3n) is 3.84. The number of nitrogens with zero attached hydrogens (tertiary/aromatic N) is 6. The predicted molar refractivity (Wildman–Crippen MR) is 88.6 cm³/mol. The summed E-state index contributed by atoms with van der Waals surface area (Å²) < 4.78 is 28.5. The average Bonchev–Trinajstić information content (AvgIpc) is 3.17. The molecule has 0 aliphatic rings. The van der Waals surface area contributed by atoms with Crippen LogP contribution >= 0.6 is 0 Å². The number of rotatable bonds is 4. The molecule has 0 atom stereocenters. The summed E-state index contributed by atoms with van der Waals surface area (Å²) in [6.07, 6.45) is 0.283. The maximum atomic E-state index is 12.7. The lowest BCUT2D eigenvalue weighted by Crippen LogP contribution is -2.06. The molecule has 0 aromatic carbocycles. The van der Waals surface area contributed by atoms with Crippen molar-refractivity contribution in [2.24, 2.45) is 0 Å². The molecule has 8 nitrogen and oxygen atoms in total. The van der Waals surface area contributed by atoms with E-state index >= 15 is 0 Å². The zero-order valence-corrected chi connectivity index (χ0v) is 13.2. The van der Waals surface area contributed by atoms with Gasteiger partial charge in [-0.15, -0.1) is 5.10 Å². The summed E-state index contributed by atoms with van der Waals surface area (Å²) in [5, 5.41) is 11.6. The van der Waals surface area contributed by atoms with E-state index in [0.29, 0.717) is 28.4 Å². The summed E-state index contributed by atoms with van der Waals surface area (Å²) in [7, 11) is 1.73. The monoisotopic (exact) mass is 344 g/mol. The zero-order valence-electron chi connectivity index (χ0n) is 13.2. The molecule has 4 heterocycles. The third kappa shape index (κ3) is 2.51. The Kier molecular flexibility index (Phi) is 3.45. The molecule has 4 aromatic heterocycles. The van der Waals surface area contributed by atoms with E-state index < -0.39 is 12.8 Å². The summed E-state index contributed by atoms with van der Waals surface area (Å²) in [6, 6.07) is 5.33. The van der Waals surface area contributed by atoms with E-state index in [1.807, 2.05) is 6.07 Å². The maximum absolute atomic E-state index is 12.7. The van der Waals surface area contributed by atoms with Crippen molar-refractivity contribution in [2.45, 2.75) is 12.8 Å². The lowest BCUT2D eigenvalue weighted by Gasteiger charge is -2.07. The number of nitrogens with one attached hydrogen (secondary N) is 1. The number of nitrogens with two attached hydrogens (primary N) is 1. The van der Waals surface area contributed by atoms with Crippen molar-refractivity contribution in [3.05, 3.63) is 36.3 Å². The Labute approximate surface area is 140 Å². The SMILES string of the molecule is CNc1nc(N)nn2ccc(-c3ccc4ncc(CC(F)F)n4n3)c12. The molecule has 0 bridgehead atoms. The molecule has 0 amide bonds. The molecule has 128 valence electrons. The highest BCUT2D eigenvalue weighted by atomic mass is 19.3. The Morgan fingerprint density at radius 3 is 2.84 bits per heavy atom. The predicted octanol–water partition coefficient (Wildman–Crippen LogP) is 1.87. The molecule has 4 aromatic rings. The summed E-state index contributed by atoms with van der Waals surface area (Å²) >= 11 is 0. The second kappa shape index (κ2) is 5.65. The van der Waals surface area contributed by atoms with Crippen LogP contribution in [-0.4, -0.2) is 42.7 Å². The molecular formula is C15H14F2N8. The minimum absolute atomic E-state index is 0.135. The number of hydrogen-bond acceptors (Lipinski definition) is 6. The zero-order chi connectivity index (χ0) is 17.6. The Bertz CT molecular complexity index is 1070. The Hall–Kier alpha value is -3.30. The lowest BCUT2D eigenvalue weighted by atomic mass is 10.2. The third-order valence-corrected chi connectivity index (χ3v) is 3.84. The van der Waals surface area contributed by atoms with Gasteiger partial charge in [-0.1, -0.05) is 0 Å². The van der Waals surface area contributed by atoms with E-state index in [1.165, 1.54) is 10.7 Å². The first-order valence-corrected chi connectivity index (χ1v) is 7.51. The first-order chi connectivity index (χ1) is 12.1. The van der Waals surface area contributed by atoms with Crippen LogP contribution < -0.4 is 11.1 Å². The van der Waals surface area contributed by atoms with Gasteiger partial charge in [0.15, 0.2) is 11.5 Å². The Balaban J connectivity index is 1.91. The number of nitrogen functional groups attached to an aromatic ring is 1. The highest BCUT2D eigenvalue weighted by molar-refractivity contribution is 5.87. The van der Waals surface area contributed by atoms with Crippen molar-refractivity contribution < 1.29 is 8.78 Å². The number of hydrogen-bond donors (Lipinski definition) is 2. The van der Waals surface area contributed by atoms with Crippen LogP contribution in [0.4, 0.5) is 20.5 Å². The highest BCUT2D eigenvalue weighted by Gasteiger charge is 2.16. The summed E-state index contributed by atoms with van der Waals surface area (Å²) in [4.78, 5) is 8.29. The number of fused-ring (bicyclic) bond motifs is 2. The van der Waals surface area contributed by atoms with E-state index in [1.54, 1.807) is 29.9 Å². The summed E-state index contributed by atoms with van der Waals surface area (Å²) in [5.74, 6) is 0.684. The standard InChI is InChI=1S/C15H14F2N8/c1-19-14-13-9(4-5-24(13)23-15(18)21-14)10-2-3-12-20-7-8(6-11(16)17)25(12)22-10/h2-5,7,11H,6H2,1H3,(H3,18,19,21,23). The number of halogens is 2. The number of imidazole rings is 1. The molecule has 3 N–H and O–H groups in total. The second-order valence-electron chi connectivity index (χ2n) is 5.42. The molecular weight excluding hydrogens is 330 g/mol. The van der Waals surface area contributed by atoms with E-state index in [-0.39, 0.29) is 5.95 Å². The average molecular weight is 344 g/mol. The Morgan fingerprint density at radius 1 is 1.24 bits per heavy atom. The van der Waals surface area contributed by atoms with Crippen LogP contribution in [0.1, 0.15) is 5.69 Å². The second-order valence-corrected chi connectivity index (χ2v) is 5.42. The largest absolute Gasteiger partial charge is 0.371 e. The highest BCUT2D eigenvalue weighted by Crippen LogP contribution is 2.28. The van der Waals surface area contributed by atoms with Gasteiger partial charge in [0.2, 0.25) is 12.4 Å². The first kappa shape index (κ1) is 15.2. The van der Waals surface area contributed by atoms with Crippen LogP contribution in [0, 0.1) is 0 Å². The molecule has 0 fully saturated rings. The minimum Gasteiger partial charge on any atom is -0.371 e. The lowest BCUT2D eigenvalue weighted by molar-refractivity contribution is 0.147. The van der Waals surface area contributed by atoms with Gasteiger partial charge in [0.05, 0.1) is 24.0 Å². The fourth-order valence-electron chi connectivity index (χ4n) is 2.78. The fourth-order valence-corrected chi connectivity index (χ4v) is 2.78. The van der Waals surface area contributed by atoms with Crippen LogP contribution in [-0.2, 0) is 6.42 Å². The van der Waals surface area contributed by atoms with Gasteiger partial charge in [-0.05, 0) is 18.2 Å². The quantitative estimate of drug-likeness (QED) is 0.586. The van der Waals surface area contributed by atoms with Gasteiger partial charge in [-0.2, -0.15) is 10.1 Å². The van der Waals surface area contributed by atoms with Gasteiger partial charge < -0.3 is 11.1 Å². The first-order valence-electron chi connectivity index (χ1n) is 7.51. The van der Waals surface area contributed by atoms with Gasteiger partial charge >= 0.3 is 0 Å². The van der Waals surface area contributed by atoms with E-state index in [2.05, 4.69) is 25.5 Å². The summed E-state index contributed by atoms with van der Waals surface area (Å²) in [6.45, 7) is 0. The van der Waals surface area contributed by atoms with E-state index in [0.717, 1.165) is 5.56 Å². The molecule has 10 heteroatoms. The van der Waals surface area contributed by atoms with Crippen LogP contribution in [0.25, 0.3) is 22.4 Å². The van der Waals surface area contributed by atoms with Crippen LogP contribution in [0.5, 0.6) is 0 Å². The maximum Gasteiger partial charge on any atom is 0.244 e. The van der Waals surface area contributed by atoms with Crippen molar-refractivity contribution in [1.82, 2.24) is 29.2 Å². The molecule has 0 spiro atoms. The van der Waals surface area contributed by atoms with Gasteiger partial charge in [0.25, 0.3) is 0 Å². The van der Waals surface area contributed by atoms with Crippen LogP contribution in [0.15, 0.2) is 30.6 Å². The number of anilines is 2. The van der Waals surface area contributed by atoms with Gasteiger partial charge in [-0.25, -0.2) is 22.8 Å². The minimum atomic E-state index is -2.46. The van der Waals surface area contributed by atoms with Gasteiger partial charge in [-0.3, -0.25) is 0 Å². The van der Waals surface area contributed by atoms with Crippen molar-refractivity contribution in [3.63, 3.8) is 0 Å². The van der Waals surface area contributed by atoms with Crippen molar-refractivity contribution >= 4 is 22.9 Å². The molecule has 0 saturated carbocycles. The van der Waals surface area contributed by atoms with Crippen molar-refractivity contribution in [1.29, 1.82) is 0 Å². The molecule has 0 aliphatic heterocycles. The van der Waals surface area contributed by atoms with Crippen molar-refractivity contribution in [3.8, 4) is 11.3 Å². The van der Waals surface area contributed by atoms with Crippen LogP contribution in [0.3, 0.4) is 0 Å². The molecule has 0 unspecified atom stereocenters. The van der Waals surface area contributed by atoms with Gasteiger partial charge in [0, 0.05) is 18.8 Å². The molecule has 0 aliphatic carbocycles. The Morgan fingerprint density at radius 2 is 2.08 bits per heavy atom. The number of aromatic nitrogens is 6. The smallest absolute Gasteiger partial charge is 0.244 e. The van der Waals surface area contributed by atoms with Crippen LogP contribution in [0.2, 0.25) is 0 Å². The topological polar surface area (TPSA) is 98.4 Å². The van der Waals surface area contributed by atoms with E-state index in [4.69, 9.17) is 5.73 Å². The molecule has 25 heavy (non-hydrogen) atoms. The molecule has 0 radical (unpaired) electrons. The molecule has 4 rings (SSSR count). The van der Waals surface area contributed by atoms with Gasteiger partial charge in [0.1, 0.15) is 5.52 Å². The molecule has 0 saturated heterocycles. The number of alkyl halides is 2.